The van der Waals surface area contributed by atoms with Crippen LogP contribution in [0.5, 0.6) is 0 Å². The smallest absolute Gasteiger partial charge is 0.0994 e. The number of rotatable bonds is 5. The van der Waals surface area contributed by atoms with E-state index < -0.39 is 0 Å². The maximum atomic E-state index is 9.39. The Morgan fingerprint density at radius 2 is 2.25 bits per heavy atom. The lowest BCUT2D eigenvalue weighted by molar-refractivity contribution is 0.164. The number of nitrogens with one attached hydrogen (secondary N) is 1. The van der Waals surface area contributed by atoms with Crippen LogP contribution in [0.1, 0.15) is 30.9 Å². The third-order valence-corrected chi connectivity index (χ3v) is 2.62. The molecule has 1 unspecified atom stereocenters. The molecule has 3 heteroatoms. The quantitative estimate of drug-likeness (QED) is 0.798. The van der Waals surface area contributed by atoms with Crippen LogP contribution in [0.25, 0.3) is 0 Å². The summed E-state index contributed by atoms with van der Waals surface area (Å²) in [7, 11) is 0. The summed E-state index contributed by atoms with van der Waals surface area (Å²) in [6, 6.07) is 7.80. The average Bonchev–Trinajstić information content (AvgIpc) is 2.29. The number of benzene rings is 1. The number of hydrogen-bond donors (Lipinski definition) is 2. The summed E-state index contributed by atoms with van der Waals surface area (Å²) in [6.45, 7) is 4.64. The van der Waals surface area contributed by atoms with Gasteiger partial charge in [-0.3, -0.25) is 0 Å². The first-order valence-corrected chi connectivity index (χ1v) is 5.60. The van der Waals surface area contributed by atoms with Crippen molar-refractivity contribution in [3.05, 3.63) is 29.3 Å². The fourth-order valence-electron chi connectivity index (χ4n) is 1.49. The highest BCUT2D eigenvalue weighted by Gasteiger charge is 2.01. The topological polar surface area (TPSA) is 56.0 Å². The fourth-order valence-corrected chi connectivity index (χ4v) is 1.49. The monoisotopic (exact) mass is 218 g/mol. The van der Waals surface area contributed by atoms with Crippen LogP contribution in [0.3, 0.4) is 0 Å². The molecule has 2 N–H and O–H groups in total. The van der Waals surface area contributed by atoms with Crippen LogP contribution in [0.2, 0.25) is 0 Å². The van der Waals surface area contributed by atoms with Gasteiger partial charge in [0.15, 0.2) is 0 Å². The van der Waals surface area contributed by atoms with Crippen molar-refractivity contribution < 1.29 is 5.11 Å². The number of aryl methyl sites for hydroxylation is 1. The van der Waals surface area contributed by atoms with Gasteiger partial charge in [-0.15, -0.1) is 0 Å². The summed E-state index contributed by atoms with van der Waals surface area (Å²) in [5.41, 5.74) is 2.68. The van der Waals surface area contributed by atoms with E-state index in [-0.39, 0.29) is 6.10 Å². The van der Waals surface area contributed by atoms with E-state index in [0.29, 0.717) is 5.56 Å². The molecule has 0 aliphatic rings. The molecule has 16 heavy (non-hydrogen) atoms. The summed E-state index contributed by atoms with van der Waals surface area (Å²) in [5.74, 6) is 0. The van der Waals surface area contributed by atoms with Gasteiger partial charge >= 0.3 is 0 Å². The standard InChI is InChI=1S/C13H18N2O/c1-3-13(16)6-7-15-12-5-4-11(9-14)10(2)8-12/h4-5,8,13,15-16H,3,6-7H2,1-2H3. The highest BCUT2D eigenvalue weighted by atomic mass is 16.3. The minimum absolute atomic E-state index is 0.230. The van der Waals surface area contributed by atoms with E-state index in [1.807, 2.05) is 32.0 Å². The molecule has 1 aromatic carbocycles. The molecule has 0 fully saturated rings. The first kappa shape index (κ1) is 12.5. The van der Waals surface area contributed by atoms with Crippen LogP contribution in [-0.2, 0) is 0 Å². The lowest BCUT2D eigenvalue weighted by Crippen LogP contribution is -2.12. The van der Waals surface area contributed by atoms with Crippen molar-refractivity contribution >= 4 is 5.69 Å². The van der Waals surface area contributed by atoms with E-state index in [4.69, 9.17) is 5.26 Å². The van der Waals surface area contributed by atoms with Gasteiger partial charge in [0.1, 0.15) is 0 Å². The lowest BCUT2D eigenvalue weighted by atomic mass is 10.1. The molecule has 1 aromatic rings. The predicted octanol–water partition coefficient (Wildman–Crippen LogP) is 2.44. The van der Waals surface area contributed by atoms with E-state index in [1.54, 1.807) is 0 Å². The predicted molar refractivity (Wildman–Crippen MR) is 65.3 cm³/mol. The summed E-state index contributed by atoms with van der Waals surface area (Å²) in [4.78, 5) is 0. The van der Waals surface area contributed by atoms with Crippen molar-refractivity contribution in [2.24, 2.45) is 0 Å². The highest BCUT2D eigenvalue weighted by molar-refractivity contribution is 5.51. The SMILES string of the molecule is CCC(O)CCNc1ccc(C#N)c(C)c1. The van der Waals surface area contributed by atoms with Gasteiger partial charge in [-0.05, 0) is 43.5 Å². The largest absolute Gasteiger partial charge is 0.393 e. The summed E-state index contributed by atoms with van der Waals surface area (Å²) >= 11 is 0. The minimum Gasteiger partial charge on any atom is -0.393 e. The van der Waals surface area contributed by atoms with E-state index in [9.17, 15) is 5.11 Å². The molecule has 0 amide bonds. The van der Waals surface area contributed by atoms with Crippen molar-refractivity contribution in [3.63, 3.8) is 0 Å². The maximum Gasteiger partial charge on any atom is 0.0994 e. The van der Waals surface area contributed by atoms with E-state index in [2.05, 4.69) is 11.4 Å². The Labute approximate surface area is 96.7 Å². The third-order valence-electron chi connectivity index (χ3n) is 2.62. The molecule has 0 saturated carbocycles. The molecular formula is C13H18N2O. The zero-order valence-electron chi connectivity index (χ0n) is 9.83. The van der Waals surface area contributed by atoms with Gasteiger partial charge in [-0.2, -0.15) is 5.26 Å². The van der Waals surface area contributed by atoms with Crippen molar-refractivity contribution in [1.82, 2.24) is 0 Å². The molecule has 0 saturated heterocycles. The fraction of sp³-hybridized carbons (Fsp3) is 0.462. The Bertz CT molecular complexity index is 382. The molecule has 0 aromatic heterocycles. The molecular weight excluding hydrogens is 200 g/mol. The molecule has 3 nitrogen and oxygen atoms in total. The molecule has 86 valence electrons. The zero-order chi connectivity index (χ0) is 12.0. The minimum atomic E-state index is -0.230. The number of hydrogen-bond acceptors (Lipinski definition) is 3. The van der Waals surface area contributed by atoms with Crippen molar-refractivity contribution in [2.75, 3.05) is 11.9 Å². The molecule has 0 aliphatic carbocycles. The van der Waals surface area contributed by atoms with Crippen LogP contribution in [0, 0.1) is 18.3 Å². The Kier molecular flexibility index (Phi) is 4.81. The molecule has 1 rings (SSSR count). The van der Waals surface area contributed by atoms with Gasteiger partial charge in [0.2, 0.25) is 0 Å². The second kappa shape index (κ2) is 6.14. The second-order valence-corrected chi connectivity index (χ2v) is 3.92. The van der Waals surface area contributed by atoms with Gasteiger partial charge in [0.25, 0.3) is 0 Å². The van der Waals surface area contributed by atoms with Gasteiger partial charge in [0.05, 0.1) is 17.7 Å². The Balaban J connectivity index is 2.50. The van der Waals surface area contributed by atoms with Crippen LogP contribution in [0.15, 0.2) is 18.2 Å². The average molecular weight is 218 g/mol. The van der Waals surface area contributed by atoms with Crippen LogP contribution >= 0.6 is 0 Å². The third kappa shape index (κ3) is 3.56. The summed E-state index contributed by atoms with van der Waals surface area (Å²) in [6.07, 6.45) is 1.30. The summed E-state index contributed by atoms with van der Waals surface area (Å²) < 4.78 is 0. The second-order valence-electron chi connectivity index (χ2n) is 3.92. The molecule has 0 heterocycles. The van der Waals surface area contributed by atoms with Crippen LogP contribution in [0.4, 0.5) is 5.69 Å². The molecule has 0 radical (unpaired) electrons. The van der Waals surface area contributed by atoms with Gasteiger partial charge in [-0.1, -0.05) is 6.92 Å². The van der Waals surface area contributed by atoms with Crippen molar-refractivity contribution in [2.45, 2.75) is 32.8 Å². The highest BCUT2D eigenvalue weighted by Crippen LogP contribution is 2.14. The zero-order valence-corrected chi connectivity index (χ0v) is 9.83. The Hall–Kier alpha value is -1.53. The van der Waals surface area contributed by atoms with Gasteiger partial charge in [-0.25, -0.2) is 0 Å². The molecule has 1 atom stereocenters. The van der Waals surface area contributed by atoms with Gasteiger partial charge < -0.3 is 10.4 Å². The van der Waals surface area contributed by atoms with Gasteiger partial charge in [0, 0.05) is 12.2 Å². The molecule has 0 bridgehead atoms. The summed E-state index contributed by atoms with van der Waals surface area (Å²) in [5, 5.41) is 21.4. The van der Waals surface area contributed by atoms with Crippen molar-refractivity contribution in [3.8, 4) is 6.07 Å². The lowest BCUT2D eigenvalue weighted by Gasteiger charge is -2.10. The van der Waals surface area contributed by atoms with Crippen LogP contribution in [-0.4, -0.2) is 17.8 Å². The van der Waals surface area contributed by atoms with Crippen molar-refractivity contribution in [1.29, 1.82) is 5.26 Å². The van der Waals surface area contributed by atoms with E-state index in [1.165, 1.54) is 0 Å². The number of anilines is 1. The normalized spacial score (nSPS) is 11.9. The maximum absolute atomic E-state index is 9.39. The molecule has 0 aliphatic heterocycles. The number of aliphatic hydroxyl groups is 1. The Morgan fingerprint density at radius 1 is 1.50 bits per heavy atom. The van der Waals surface area contributed by atoms with Crippen LogP contribution < -0.4 is 5.32 Å². The first-order chi connectivity index (χ1) is 7.67. The number of nitriles is 1. The van der Waals surface area contributed by atoms with E-state index >= 15 is 0 Å². The van der Waals surface area contributed by atoms with E-state index in [0.717, 1.165) is 30.6 Å². The molecule has 0 spiro atoms. The number of aliphatic hydroxyl groups excluding tert-OH is 1. The number of nitrogens with zero attached hydrogens (tertiary/aromatic N) is 1. The first-order valence-electron chi connectivity index (χ1n) is 5.60. The Morgan fingerprint density at radius 3 is 2.81 bits per heavy atom.